The molecule has 0 bridgehead atoms. The summed E-state index contributed by atoms with van der Waals surface area (Å²) in [6.07, 6.45) is 4.01. The summed E-state index contributed by atoms with van der Waals surface area (Å²) in [7, 11) is 3.18. The summed E-state index contributed by atoms with van der Waals surface area (Å²) in [5.41, 5.74) is 0.169. The van der Waals surface area contributed by atoms with Gasteiger partial charge in [0.1, 0.15) is 0 Å². The molecular formula is C12H19N3O2. The van der Waals surface area contributed by atoms with Crippen molar-refractivity contribution in [3.63, 3.8) is 0 Å². The molecule has 0 saturated heterocycles. The summed E-state index contributed by atoms with van der Waals surface area (Å²) in [6, 6.07) is 0.543. The van der Waals surface area contributed by atoms with Crippen LogP contribution in [0.15, 0.2) is 15.8 Å². The molecule has 17 heavy (non-hydrogen) atoms. The second kappa shape index (κ2) is 4.49. The van der Waals surface area contributed by atoms with E-state index in [1.165, 1.54) is 24.5 Å². The molecule has 2 rings (SSSR count). The molecule has 1 saturated carbocycles. The third kappa shape index (κ3) is 2.34. The summed E-state index contributed by atoms with van der Waals surface area (Å²) >= 11 is 0. The first kappa shape index (κ1) is 12.1. The smallest absolute Gasteiger partial charge is 0.309 e. The number of hydrogen-bond acceptors (Lipinski definition) is 3. The molecule has 1 fully saturated rings. The Kier molecular flexibility index (Phi) is 3.19. The highest BCUT2D eigenvalue weighted by Gasteiger charge is 2.34. The van der Waals surface area contributed by atoms with Crippen molar-refractivity contribution in [3.8, 4) is 0 Å². The molecule has 0 aromatic carbocycles. The van der Waals surface area contributed by atoms with E-state index in [2.05, 4.69) is 12.2 Å². The maximum Gasteiger partial charge on any atom is 0.330 e. The van der Waals surface area contributed by atoms with Gasteiger partial charge in [-0.3, -0.25) is 9.36 Å². The van der Waals surface area contributed by atoms with Crippen LogP contribution in [0.3, 0.4) is 0 Å². The number of hydrogen-bond donors (Lipinski definition) is 1. The van der Waals surface area contributed by atoms with Crippen LogP contribution < -0.4 is 16.6 Å². The maximum absolute atomic E-state index is 11.8. The van der Waals surface area contributed by atoms with Gasteiger partial charge < -0.3 is 9.88 Å². The van der Waals surface area contributed by atoms with Crippen LogP contribution in [0.2, 0.25) is 0 Å². The van der Waals surface area contributed by atoms with Crippen LogP contribution in [0, 0.1) is 5.92 Å². The molecule has 2 atom stereocenters. The number of aryl methyl sites for hydroxylation is 1. The first-order valence-electron chi connectivity index (χ1n) is 6.03. The average Bonchev–Trinajstić information content (AvgIpc) is 3.08. The Morgan fingerprint density at radius 3 is 2.71 bits per heavy atom. The van der Waals surface area contributed by atoms with E-state index in [9.17, 15) is 9.59 Å². The van der Waals surface area contributed by atoms with E-state index in [4.69, 9.17) is 0 Å². The summed E-state index contributed by atoms with van der Waals surface area (Å²) in [5.74, 6) is 0.756. The van der Waals surface area contributed by atoms with Gasteiger partial charge in [-0.25, -0.2) is 4.79 Å². The number of nitrogens with one attached hydrogen (secondary N) is 1. The zero-order valence-electron chi connectivity index (χ0n) is 10.6. The number of rotatable bonds is 4. The van der Waals surface area contributed by atoms with Crippen molar-refractivity contribution in [1.82, 2.24) is 14.5 Å². The Bertz CT molecular complexity index is 530. The highest BCUT2D eigenvalue weighted by molar-refractivity contribution is 5.06. The second-order valence-electron chi connectivity index (χ2n) is 4.80. The quantitative estimate of drug-likeness (QED) is 0.800. The first-order chi connectivity index (χ1) is 8.04. The van der Waals surface area contributed by atoms with Gasteiger partial charge in [0.15, 0.2) is 0 Å². The van der Waals surface area contributed by atoms with Crippen molar-refractivity contribution in [1.29, 1.82) is 0 Å². The molecule has 1 aromatic heterocycles. The lowest BCUT2D eigenvalue weighted by molar-refractivity contribution is 0.598. The minimum absolute atomic E-state index is 0.200. The Morgan fingerprint density at radius 2 is 2.12 bits per heavy atom. The maximum atomic E-state index is 11.8. The summed E-state index contributed by atoms with van der Waals surface area (Å²) < 4.78 is 2.60. The number of aromatic nitrogens is 2. The standard InChI is InChI=1S/C12H19N3O2/c1-4-8-5-10(8)13-6-9-7-14(2)12(17)15(3)11(9)16/h7-8,10,13H,4-6H2,1-3H3. The van der Waals surface area contributed by atoms with Crippen molar-refractivity contribution in [3.05, 3.63) is 32.6 Å². The predicted molar refractivity (Wildman–Crippen MR) is 65.9 cm³/mol. The van der Waals surface area contributed by atoms with Gasteiger partial charge >= 0.3 is 5.69 Å². The SMILES string of the molecule is CCC1CC1NCc1cn(C)c(=O)n(C)c1=O. The van der Waals surface area contributed by atoms with Gasteiger partial charge in [-0.15, -0.1) is 0 Å². The molecule has 5 heteroatoms. The molecule has 1 heterocycles. The molecule has 94 valence electrons. The lowest BCUT2D eigenvalue weighted by Crippen LogP contribution is -2.39. The van der Waals surface area contributed by atoms with Crippen molar-refractivity contribution in [2.75, 3.05) is 0 Å². The van der Waals surface area contributed by atoms with Gasteiger partial charge in [0.05, 0.1) is 0 Å². The zero-order chi connectivity index (χ0) is 12.6. The van der Waals surface area contributed by atoms with Gasteiger partial charge in [-0.1, -0.05) is 13.3 Å². The lowest BCUT2D eigenvalue weighted by Gasteiger charge is -2.07. The Labute approximate surface area is 100 Å². The number of nitrogens with zero attached hydrogens (tertiary/aromatic N) is 2. The minimum Gasteiger partial charge on any atom is -0.309 e. The molecular weight excluding hydrogens is 218 g/mol. The molecule has 0 amide bonds. The molecule has 0 spiro atoms. The van der Waals surface area contributed by atoms with Gasteiger partial charge in [0.25, 0.3) is 5.56 Å². The summed E-state index contributed by atoms with van der Waals surface area (Å²) in [5, 5.41) is 3.36. The summed E-state index contributed by atoms with van der Waals surface area (Å²) in [4.78, 5) is 23.3. The molecule has 1 aromatic rings. The van der Waals surface area contributed by atoms with Crippen LogP contribution in [0.25, 0.3) is 0 Å². The zero-order valence-corrected chi connectivity index (χ0v) is 10.6. The Balaban J connectivity index is 2.12. The average molecular weight is 237 g/mol. The second-order valence-corrected chi connectivity index (χ2v) is 4.80. The van der Waals surface area contributed by atoms with Crippen LogP contribution in [0.4, 0.5) is 0 Å². The third-order valence-electron chi connectivity index (χ3n) is 3.52. The Morgan fingerprint density at radius 1 is 1.41 bits per heavy atom. The van der Waals surface area contributed by atoms with Gasteiger partial charge in [-0.05, 0) is 12.3 Å². The lowest BCUT2D eigenvalue weighted by atomic mass is 10.3. The fourth-order valence-corrected chi connectivity index (χ4v) is 2.19. The van der Waals surface area contributed by atoms with Crippen LogP contribution in [-0.2, 0) is 20.6 Å². The molecule has 1 aliphatic carbocycles. The van der Waals surface area contributed by atoms with E-state index in [1.807, 2.05) is 0 Å². The van der Waals surface area contributed by atoms with Crippen molar-refractivity contribution < 1.29 is 0 Å². The van der Waals surface area contributed by atoms with E-state index >= 15 is 0 Å². The highest BCUT2D eigenvalue weighted by atomic mass is 16.2. The first-order valence-corrected chi connectivity index (χ1v) is 6.03. The molecule has 1 N–H and O–H groups in total. The van der Waals surface area contributed by atoms with Crippen molar-refractivity contribution in [2.24, 2.45) is 20.0 Å². The van der Waals surface area contributed by atoms with Gasteiger partial charge in [-0.2, -0.15) is 0 Å². The third-order valence-corrected chi connectivity index (χ3v) is 3.52. The fourth-order valence-electron chi connectivity index (χ4n) is 2.19. The van der Waals surface area contributed by atoms with Crippen LogP contribution in [0.5, 0.6) is 0 Å². The fraction of sp³-hybridized carbons (Fsp3) is 0.667. The van der Waals surface area contributed by atoms with Crippen LogP contribution in [0.1, 0.15) is 25.3 Å². The monoisotopic (exact) mass is 237 g/mol. The summed E-state index contributed by atoms with van der Waals surface area (Å²) in [6.45, 7) is 2.72. The molecule has 0 aliphatic heterocycles. The Hall–Kier alpha value is -1.36. The van der Waals surface area contributed by atoms with E-state index < -0.39 is 0 Å². The molecule has 0 radical (unpaired) electrons. The van der Waals surface area contributed by atoms with Gasteiger partial charge in [0, 0.05) is 38.4 Å². The minimum atomic E-state index is -0.281. The van der Waals surface area contributed by atoms with Crippen LogP contribution >= 0.6 is 0 Å². The van der Waals surface area contributed by atoms with Gasteiger partial charge in [0.2, 0.25) is 0 Å². The van der Waals surface area contributed by atoms with Crippen molar-refractivity contribution in [2.45, 2.75) is 32.4 Å². The molecule has 5 nitrogen and oxygen atoms in total. The molecule has 1 aliphatic rings. The van der Waals surface area contributed by atoms with Crippen LogP contribution in [-0.4, -0.2) is 15.2 Å². The van der Waals surface area contributed by atoms with E-state index in [-0.39, 0.29) is 11.2 Å². The van der Waals surface area contributed by atoms with E-state index in [0.717, 1.165) is 10.5 Å². The van der Waals surface area contributed by atoms with Crippen molar-refractivity contribution >= 4 is 0 Å². The molecule has 2 unspecified atom stereocenters. The largest absolute Gasteiger partial charge is 0.330 e. The van der Waals surface area contributed by atoms with E-state index in [1.54, 1.807) is 13.2 Å². The van der Waals surface area contributed by atoms with E-state index in [0.29, 0.717) is 18.2 Å². The predicted octanol–water partition coefficient (Wildman–Crippen LogP) is -0.0279. The highest BCUT2D eigenvalue weighted by Crippen LogP contribution is 2.33. The normalized spacial score (nSPS) is 22.8. The topological polar surface area (TPSA) is 56.0 Å².